The first-order valence-corrected chi connectivity index (χ1v) is 8.85. The van der Waals surface area contributed by atoms with Gasteiger partial charge in [-0.2, -0.15) is 5.10 Å². The minimum Gasteiger partial charge on any atom is -0.256 e. The fourth-order valence-electron chi connectivity index (χ4n) is 3.14. The molecule has 1 aromatic carbocycles. The van der Waals surface area contributed by atoms with Crippen LogP contribution in [0.2, 0.25) is 0 Å². The average Bonchev–Trinajstić information content (AvgIpc) is 3.11. The van der Waals surface area contributed by atoms with Gasteiger partial charge in [-0.1, -0.05) is 48.6 Å². The van der Waals surface area contributed by atoms with Crippen molar-refractivity contribution in [2.24, 2.45) is 0 Å². The van der Waals surface area contributed by atoms with Crippen molar-refractivity contribution >= 4 is 22.1 Å². The second-order valence-electron chi connectivity index (χ2n) is 6.47. The van der Waals surface area contributed by atoms with Gasteiger partial charge in [-0.3, -0.25) is 4.98 Å². The third-order valence-corrected chi connectivity index (χ3v) is 4.49. The predicted octanol–water partition coefficient (Wildman–Crippen LogP) is 5.48. The summed E-state index contributed by atoms with van der Waals surface area (Å²) in [6, 6.07) is 10.1. The first kappa shape index (κ1) is 16.9. The lowest BCUT2D eigenvalue weighted by atomic mass is 10.0. The molecule has 4 nitrogen and oxygen atoms in total. The first-order valence-electron chi connectivity index (χ1n) is 8.85. The molecule has 0 aliphatic carbocycles. The van der Waals surface area contributed by atoms with E-state index < -0.39 is 0 Å². The number of fused-ring (bicyclic) bond motifs is 2. The van der Waals surface area contributed by atoms with Crippen molar-refractivity contribution in [2.45, 2.75) is 13.8 Å². The Labute approximate surface area is 158 Å². The van der Waals surface area contributed by atoms with Gasteiger partial charge in [0.1, 0.15) is 0 Å². The summed E-state index contributed by atoms with van der Waals surface area (Å²) in [6.45, 7) is 7.90. The Kier molecular flexibility index (Phi) is 4.38. The van der Waals surface area contributed by atoms with Crippen LogP contribution in [0.4, 0.5) is 0 Å². The van der Waals surface area contributed by atoms with Gasteiger partial charge in [0.25, 0.3) is 0 Å². The second-order valence-corrected chi connectivity index (χ2v) is 6.47. The number of allylic oxidation sites excluding steroid dienone is 5. The number of hydrogen-bond acceptors (Lipinski definition) is 3. The molecule has 4 heteroatoms. The maximum absolute atomic E-state index is 4.70. The van der Waals surface area contributed by atoms with Gasteiger partial charge in [0.2, 0.25) is 0 Å². The number of pyridine rings is 1. The average molecular weight is 352 g/mol. The normalized spacial score (nSPS) is 12.3. The molecule has 0 aliphatic rings. The van der Waals surface area contributed by atoms with Gasteiger partial charge in [-0.15, -0.1) is 0 Å². The molecule has 0 bridgehead atoms. The summed E-state index contributed by atoms with van der Waals surface area (Å²) >= 11 is 0. The summed E-state index contributed by atoms with van der Waals surface area (Å²) in [6.07, 6.45) is 13.7. The summed E-state index contributed by atoms with van der Waals surface area (Å²) in [7, 11) is 0. The van der Waals surface area contributed by atoms with E-state index in [9.17, 15) is 0 Å². The first-order chi connectivity index (χ1) is 13.2. The minimum atomic E-state index is 0.828. The van der Waals surface area contributed by atoms with Crippen molar-refractivity contribution in [1.82, 2.24) is 19.6 Å². The molecule has 132 valence electrons. The van der Waals surface area contributed by atoms with Gasteiger partial charge in [0.15, 0.2) is 5.65 Å². The van der Waals surface area contributed by atoms with Crippen molar-refractivity contribution in [3.63, 3.8) is 0 Å². The molecule has 0 amide bonds. The minimum absolute atomic E-state index is 0.828. The fraction of sp³-hybridized carbons (Fsp3) is 0.0870. The Morgan fingerprint density at radius 3 is 2.70 bits per heavy atom. The molecule has 4 aromatic rings. The highest BCUT2D eigenvalue weighted by atomic mass is 15.2. The SMILES string of the molecule is C=C(C)/C=C\C(=C/C)c1cnc2c(-c3ccnc4ccccc34)cnn2c1. The van der Waals surface area contributed by atoms with Gasteiger partial charge in [-0.25, -0.2) is 9.50 Å². The monoisotopic (exact) mass is 352 g/mol. The highest BCUT2D eigenvalue weighted by molar-refractivity contribution is 5.97. The fourth-order valence-corrected chi connectivity index (χ4v) is 3.14. The smallest absolute Gasteiger partial charge is 0.162 e. The number of para-hydroxylation sites is 1. The highest BCUT2D eigenvalue weighted by Gasteiger charge is 2.12. The summed E-state index contributed by atoms with van der Waals surface area (Å²) in [5.74, 6) is 0. The molecule has 3 heterocycles. The van der Waals surface area contributed by atoms with E-state index in [2.05, 4.69) is 28.8 Å². The summed E-state index contributed by atoms with van der Waals surface area (Å²) in [4.78, 5) is 9.15. The van der Waals surface area contributed by atoms with Crippen LogP contribution in [0.3, 0.4) is 0 Å². The van der Waals surface area contributed by atoms with Crippen LogP contribution in [0.5, 0.6) is 0 Å². The molecule has 0 aliphatic heterocycles. The van der Waals surface area contributed by atoms with Crippen LogP contribution in [0.15, 0.2) is 85.5 Å². The third kappa shape index (κ3) is 3.17. The number of nitrogens with zero attached hydrogens (tertiary/aromatic N) is 4. The standard InChI is InChI=1S/C23H20N4/c1-4-17(10-9-16(2)3)18-13-25-23-21(14-26-27(23)15-18)19-11-12-24-22-8-6-5-7-20(19)22/h4-15H,2H2,1,3H3/b10-9-,17-4+. The third-order valence-electron chi connectivity index (χ3n) is 4.49. The van der Waals surface area contributed by atoms with E-state index in [0.717, 1.165) is 44.4 Å². The number of aromatic nitrogens is 4. The molecule has 0 saturated heterocycles. The van der Waals surface area contributed by atoms with Gasteiger partial charge in [0.05, 0.1) is 11.7 Å². The van der Waals surface area contributed by atoms with E-state index in [-0.39, 0.29) is 0 Å². The molecule has 0 saturated carbocycles. The van der Waals surface area contributed by atoms with Crippen molar-refractivity contribution in [1.29, 1.82) is 0 Å². The van der Waals surface area contributed by atoms with Gasteiger partial charge in [-0.05, 0) is 37.1 Å². The Bertz CT molecular complexity index is 1210. The van der Waals surface area contributed by atoms with E-state index in [4.69, 9.17) is 4.98 Å². The van der Waals surface area contributed by atoms with Gasteiger partial charge < -0.3 is 0 Å². The molecule has 0 N–H and O–H groups in total. The van der Waals surface area contributed by atoms with Crippen molar-refractivity contribution in [3.05, 3.63) is 91.1 Å². The summed E-state index contributed by atoms with van der Waals surface area (Å²) in [5, 5.41) is 5.64. The maximum Gasteiger partial charge on any atom is 0.162 e. The number of hydrogen-bond donors (Lipinski definition) is 0. The lowest BCUT2D eigenvalue weighted by Gasteiger charge is -2.06. The zero-order valence-electron chi connectivity index (χ0n) is 15.4. The van der Waals surface area contributed by atoms with E-state index in [0.29, 0.717) is 0 Å². The second kappa shape index (κ2) is 7.00. The van der Waals surface area contributed by atoms with Crippen LogP contribution in [0.1, 0.15) is 19.4 Å². The van der Waals surface area contributed by atoms with Gasteiger partial charge >= 0.3 is 0 Å². The van der Waals surface area contributed by atoms with Crippen molar-refractivity contribution in [3.8, 4) is 11.1 Å². The van der Waals surface area contributed by atoms with Crippen LogP contribution in [-0.2, 0) is 0 Å². The Morgan fingerprint density at radius 1 is 1.04 bits per heavy atom. The predicted molar refractivity (Wildman–Crippen MR) is 111 cm³/mol. The molecule has 3 aromatic heterocycles. The van der Waals surface area contributed by atoms with E-state index in [1.165, 1.54) is 0 Å². The largest absolute Gasteiger partial charge is 0.256 e. The molecular formula is C23H20N4. The van der Waals surface area contributed by atoms with Crippen LogP contribution >= 0.6 is 0 Å². The van der Waals surface area contributed by atoms with E-state index in [1.54, 1.807) is 0 Å². The topological polar surface area (TPSA) is 43.1 Å². The van der Waals surface area contributed by atoms with Crippen LogP contribution < -0.4 is 0 Å². The van der Waals surface area contributed by atoms with Crippen LogP contribution in [0.25, 0.3) is 33.3 Å². The number of rotatable bonds is 4. The zero-order valence-corrected chi connectivity index (χ0v) is 15.4. The highest BCUT2D eigenvalue weighted by Crippen LogP contribution is 2.30. The van der Waals surface area contributed by atoms with Gasteiger partial charge in [0, 0.05) is 35.1 Å². The molecule has 0 spiro atoms. The molecule has 0 unspecified atom stereocenters. The maximum atomic E-state index is 4.70. The lowest BCUT2D eigenvalue weighted by Crippen LogP contribution is -1.94. The molecule has 0 atom stereocenters. The molecule has 0 radical (unpaired) electrons. The number of benzene rings is 1. The Balaban J connectivity index is 1.82. The molecule has 4 rings (SSSR count). The molecule has 0 fully saturated rings. The molecule has 27 heavy (non-hydrogen) atoms. The van der Waals surface area contributed by atoms with Crippen LogP contribution in [-0.4, -0.2) is 19.6 Å². The lowest BCUT2D eigenvalue weighted by molar-refractivity contribution is 0.935. The summed E-state index contributed by atoms with van der Waals surface area (Å²) < 4.78 is 1.83. The van der Waals surface area contributed by atoms with Crippen LogP contribution in [0, 0.1) is 0 Å². The summed E-state index contributed by atoms with van der Waals surface area (Å²) in [5.41, 5.74) is 6.98. The Hall–Kier alpha value is -3.53. The Morgan fingerprint density at radius 2 is 1.89 bits per heavy atom. The van der Waals surface area contributed by atoms with E-state index >= 15 is 0 Å². The zero-order chi connectivity index (χ0) is 18.8. The van der Waals surface area contributed by atoms with E-state index in [1.807, 2.05) is 79.6 Å². The van der Waals surface area contributed by atoms with Crippen molar-refractivity contribution < 1.29 is 0 Å². The quantitative estimate of drug-likeness (QED) is 0.457. The van der Waals surface area contributed by atoms with Crippen molar-refractivity contribution in [2.75, 3.05) is 0 Å². The molecular weight excluding hydrogens is 332 g/mol.